The molecule has 1 amide bonds. The Bertz CT molecular complexity index is 755. The van der Waals surface area contributed by atoms with Gasteiger partial charge in [-0.1, -0.05) is 22.8 Å². The van der Waals surface area contributed by atoms with Crippen molar-refractivity contribution in [1.29, 1.82) is 0 Å². The van der Waals surface area contributed by atoms with Gasteiger partial charge in [-0.2, -0.15) is 0 Å². The van der Waals surface area contributed by atoms with Crippen LogP contribution in [0.4, 0.5) is 4.39 Å². The number of carbonyl (C=O) groups is 1. The Kier molecular flexibility index (Phi) is 5.39. The fraction of sp³-hybridized carbons (Fsp3) is 0.444. The zero-order valence-electron chi connectivity index (χ0n) is 14.2. The van der Waals surface area contributed by atoms with Crippen LogP contribution in [0, 0.1) is 12.7 Å². The van der Waals surface area contributed by atoms with Crippen LogP contribution in [0.3, 0.4) is 0 Å². The van der Waals surface area contributed by atoms with Gasteiger partial charge in [-0.15, -0.1) is 0 Å². The van der Waals surface area contributed by atoms with Gasteiger partial charge in [0.25, 0.3) is 5.91 Å². The largest absolute Gasteiger partial charge is 0.377 e. The first-order chi connectivity index (χ1) is 12.0. The topological polar surface area (TPSA) is 55.6 Å². The molecular weight excluding hydrogens is 347 g/mol. The number of hydrogen-bond acceptors (Lipinski definition) is 4. The van der Waals surface area contributed by atoms with Crippen LogP contribution in [0.2, 0.25) is 5.02 Å². The molecule has 1 aromatic carbocycles. The molecule has 0 N–H and O–H groups in total. The summed E-state index contributed by atoms with van der Waals surface area (Å²) in [5, 5.41) is 4.09. The summed E-state index contributed by atoms with van der Waals surface area (Å²) in [6.45, 7) is 5.31. The predicted molar refractivity (Wildman–Crippen MR) is 92.2 cm³/mol. The van der Waals surface area contributed by atoms with Crippen LogP contribution in [-0.2, 0) is 4.74 Å². The maximum Gasteiger partial charge on any atom is 0.259 e. The van der Waals surface area contributed by atoms with Crippen LogP contribution in [0.25, 0.3) is 11.3 Å². The second kappa shape index (κ2) is 7.54. The predicted octanol–water partition coefficient (Wildman–Crippen LogP) is 4.08. The Balaban J connectivity index is 1.95. The second-order valence-corrected chi connectivity index (χ2v) is 6.44. The van der Waals surface area contributed by atoms with Crippen molar-refractivity contribution in [2.24, 2.45) is 0 Å². The van der Waals surface area contributed by atoms with E-state index in [1.807, 2.05) is 6.92 Å². The molecule has 1 atom stereocenters. The first-order valence-electron chi connectivity index (χ1n) is 8.34. The van der Waals surface area contributed by atoms with Crippen LogP contribution >= 0.6 is 11.6 Å². The van der Waals surface area contributed by atoms with Crippen LogP contribution < -0.4 is 0 Å². The smallest absolute Gasteiger partial charge is 0.259 e. The quantitative estimate of drug-likeness (QED) is 0.818. The summed E-state index contributed by atoms with van der Waals surface area (Å²) in [4.78, 5) is 14.8. The molecule has 0 saturated carbocycles. The van der Waals surface area contributed by atoms with Crippen molar-refractivity contribution in [2.75, 3.05) is 19.7 Å². The third kappa shape index (κ3) is 3.55. The Morgan fingerprint density at radius 2 is 2.32 bits per heavy atom. The van der Waals surface area contributed by atoms with E-state index in [4.69, 9.17) is 20.9 Å². The van der Waals surface area contributed by atoms with Crippen molar-refractivity contribution in [3.63, 3.8) is 0 Å². The molecule has 1 unspecified atom stereocenters. The molecule has 0 spiro atoms. The molecule has 7 heteroatoms. The molecule has 0 aliphatic carbocycles. The lowest BCUT2D eigenvalue weighted by atomic mass is 10.0. The molecule has 1 fully saturated rings. The molecule has 2 aromatic rings. The van der Waals surface area contributed by atoms with Crippen LogP contribution in [0.1, 0.15) is 35.9 Å². The molecule has 2 heterocycles. The number of carbonyl (C=O) groups excluding carboxylic acids is 1. The highest BCUT2D eigenvalue weighted by atomic mass is 35.5. The molecule has 0 bridgehead atoms. The minimum absolute atomic E-state index is 0.0170. The van der Waals surface area contributed by atoms with Crippen molar-refractivity contribution in [2.45, 2.75) is 32.8 Å². The third-order valence-corrected chi connectivity index (χ3v) is 4.66. The number of aryl methyl sites for hydroxylation is 1. The zero-order valence-corrected chi connectivity index (χ0v) is 15.0. The monoisotopic (exact) mass is 366 g/mol. The highest BCUT2D eigenvalue weighted by molar-refractivity contribution is 6.33. The van der Waals surface area contributed by atoms with Gasteiger partial charge < -0.3 is 14.2 Å². The lowest BCUT2D eigenvalue weighted by Crippen LogP contribution is -2.43. The molecule has 3 rings (SSSR count). The van der Waals surface area contributed by atoms with E-state index in [2.05, 4.69) is 5.16 Å². The van der Waals surface area contributed by atoms with Crippen molar-refractivity contribution in [1.82, 2.24) is 10.1 Å². The highest BCUT2D eigenvalue weighted by Crippen LogP contribution is 2.34. The number of benzene rings is 1. The fourth-order valence-corrected chi connectivity index (χ4v) is 3.42. The van der Waals surface area contributed by atoms with Gasteiger partial charge in [-0.05, 0) is 38.8 Å². The standard InChI is InChI=1S/C18H20ClFN2O3/c1-3-24-12-6-5-9-22(10-12)18(23)15-11(2)25-21-17(15)16-13(19)7-4-8-14(16)20/h4,7-8,12H,3,5-6,9-10H2,1-2H3. The third-order valence-electron chi connectivity index (χ3n) is 4.34. The van der Waals surface area contributed by atoms with E-state index in [-0.39, 0.29) is 33.9 Å². The Morgan fingerprint density at radius 1 is 1.52 bits per heavy atom. The number of amides is 1. The lowest BCUT2D eigenvalue weighted by molar-refractivity contribution is 0.00720. The van der Waals surface area contributed by atoms with E-state index in [9.17, 15) is 9.18 Å². The van der Waals surface area contributed by atoms with Gasteiger partial charge >= 0.3 is 0 Å². The Hall–Kier alpha value is -1.92. The summed E-state index contributed by atoms with van der Waals surface area (Å²) < 4.78 is 25.1. The molecule has 1 aliphatic rings. The summed E-state index contributed by atoms with van der Waals surface area (Å²) in [6, 6.07) is 4.35. The number of aromatic nitrogens is 1. The SMILES string of the molecule is CCOC1CCCN(C(=O)c2c(-c3c(F)cccc3Cl)noc2C)C1. The zero-order chi connectivity index (χ0) is 18.0. The Labute approximate surface area is 150 Å². The maximum atomic E-state index is 14.3. The molecule has 1 aromatic heterocycles. The van der Waals surface area contributed by atoms with Gasteiger partial charge in [0, 0.05) is 19.7 Å². The molecule has 134 valence electrons. The summed E-state index contributed by atoms with van der Waals surface area (Å²) in [6.07, 6.45) is 1.80. The average molecular weight is 367 g/mol. The average Bonchev–Trinajstić information content (AvgIpc) is 2.96. The molecule has 1 saturated heterocycles. The number of likely N-dealkylation sites (tertiary alicyclic amines) is 1. The summed E-state index contributed by atoms with van der Waals surface area (Å²) in [7, 11) is 0. The van der Waals surface area contributed by atoms with Crippen molar-refractivity contribution in [3.8, 4) is 11.3 Å². The molecule has 0 radical (unpaired) electrons. The summed E-state index contributed by atoms with van der Waals surface area (Å²) in [5.41, 5.74) is 0.482. The number of nitrogens with zero attached hydrogens (tertiary/aromatic N) is 2. The number of halogens is 2. The maximum absolute atomic E-state index is 14.3. The van der Waals surface area contributed by atoms with Crippen LogP contribution in [0.5, 0.6) is 0 Å². The van der Waals surface area contributed by atoms with Gasteiger partial charge in [0.1, 0.15) is 22.8 Å². The van der Waals surface area contributed by atoms with Crippen LogP contribution in [-0.4, -0.2) is 41.8 Å². The molecule has 1 aliphatic heterocycles. The Morgan fingerprint density at radius 3 is 3.04 bits per heavy atom. The van der Waals surface area contributed by atoms with Gasteiger partial charge in [-0.3, -0.25) is 4.79 Å². The van der Waals surface area contributed by atoms with E-state index in [1.165, 1.54) is 12.1 Å². The number of hydrogen-bond donors (Lipinski definition) is 0. The van der Waals surface area contributed by atoms with Gasteiger partial charge in [0.15, 0.2) is 0 Å². The summed E-state index contributed by atoms with van der Waals surface area (Å²) >= 11 is 6.13. The van der Waals surface area contributed by atoms with E-state index in [1.54, 1.807) is 17.9 Å². The highest BCUT2D eigenvalue weighted by Gasteiger charge is 2.31. The van der Waals surface area contributed by atoms with Gasteiger partial charge in [0.05, 0.1) is 16.7 Å². The lowest BCUT2D eigenvalue weighted by Gasteiger charge is -2.32. The number of rotatable bonds is 4. The first-order valence-corrected chi connectivity index (χ1v) is 8.72. The summed E-state index contributed by atoms with van der Waals surface area (Å²) in [5.74, 6) is -0.434. The van der Waals surface area contributed by atoms with E-state index in [0.29, 0.717) is 25.5 Å². The number of ether oxygens (including phenoxy) is 1. The van der Waals surface area contributed by atoms with E-state index in [0.717, 1.165) is 12.8 Å². The van der Waals surface area contributed by atoms with Crippen LogP contribution in [0.15, 0.2) is 22.7 Å². The first kappa shape index (κ1) is 17.9. The minimum atomic E-state index is -0.541. The van der Waals surface area contributed by atoms with Crippen molar-refractivity contribution < 1.29 is 18.4 Å². The second-order valence-electron chi connectivity index (χ2n) is 6.03. The van der Waals surface area contributed by atoms with Gasteiger partial charge in [-0.25, -0.2) is 4.39 Å². The molecular formula is C18H20ClFN2O3. The fourth-order valence-electron chi connectivity index (χ4n) is 3.17. The van der Waals surface area contributed by atoms with E-state index >= 15 is 0 Å². The number of piperidine rings is 1. The minimum Gasteiger partial charge on any atom is -0.377 e. The van der Waals surface area contributed by atoms with Gasteiger partial charge in [0.2, 0.25) is 0 Å². The normalized spacial score (nSPS) is 17.8. The van der Waals surface area contributed by atoms with E-state index < -0.39 is 5.82 Å². The van der Waals surface area contributed by atoms with Crippen molar-refractivity contribution in [3.05, 3.63) is 40.4 Å². The molecule has 25 heavy (non-hydrogen) atoms. The molecule has 5 nitrogen and oxygen atoms in total. The van der Waals surface area contributed by atoms with Crippen molar-refractivity contribution >= 4 is 17.5 Å².